The number of carbonyl (C=O) groups excluding carboxylic acids is 1. The third-order valence-electron chi connectivity index (χ3n) is 4.78. The molecule has 158 valence electrons. The lowest BCUT2D eigenvalue weighted by Crippen LogP contribution is -2.27. The van der Waals surface area contributed by atoms with Crippen LogP contribution in [0, 0.1) is 12.7 Å². The summed E-state index contributed by atoms with van der Waals surface area (Å²) in [5, 5.41) is 10.0. The number of nitrogens with zero attached hydrogens (tertiary/aromatic N) is 4. The highest BCUT2D eigenvalue weighted by Crippen LogP contribution is 2.18. The number of rotatable bonds is 8. The Bertz CT molecular complexity index is 1060. The van der Waals surface area contributed by atoms with Crippen LogP contribution in [0.25, 0.3) is 0 Å². The van der Waals surface area contributed by atoms with Gasteiger partial charge in [0, 0.05) is 18.9 Å². The van der Waals surface area contributed by atoms with Crippen LogP contribution in [0.4, 0.5) is 14.5 Å². The molecule has 1 amide bonds. The first kappa shape index (κ1) is 21.4. The molecule has 3 rings (SSSR count). The molecule has 0 spiro atoms. The van der Waals surface area contributed by atoms with Gasteiger partial charge >= 0.3 is 0 Å². The molecule has 0 aliphatic carbocycles. The first-order chi connectivity index (χ1) is 14.3. The van der Waals surface area contributed by atoms with Gasteiger partial charge in [0.05, 0.1) is 23.8 Å². The molecular weight excluding hydrogens is 392 g/mol. The predicted octanol–water partition coefficient (Wildman–Crippen LogP) is 3.06. The van der Waals surface area contributed by atoms with Gasteiger partial charge in [-0.2, -0.15) is 4.39 Å². The Kier molecular flexibility index (Phi) is 6.71. The largest absolute Gasteiger partial charge is 0.323 e. The molecule has 0 radical (unpaired) electrons. The number of aromatic nitrogens is 4. The van der Waals surface area contributed by atoms with Crippen molar-refractivity contribution in [2.45, 2.75) is 45.4 Å². The summed E-state index contributed by atoms with van der Waals surface area (Å²) >= 11 is 0. The Morgan fingerprint density at radius 2 is 1.97 bits per heavy atom. The second-order valence-electron chi connectivity index (χ2n) is 7.13. The van der Waals surface area contributed by atoms with Crippen LogP contribution >= 0.6 is 0 Å². The molecule has 2 atom stereocenters. The maximum atomic E-state index is 14.5. The smallest absolute Gasteiger partial charge is 0.288 e. The van der Waals surface area contributed by atoms with E-state index in [1.165, 1.54) is 16.9 Å². The van der Waals surface area contributed by atoms with Crippen LogP contribution in [0.1, 0.15) is 30.5 Å². The fourth-order valence-corrected chi connectivity index (χ4v) is 3.01. The minimum Gasteiger partial charge on any atom is -0.323 e. The zero-order valence-corrected chi connectivity index (χ0v) is 16.8. The number of anilines is 1. The molecule has 7 nitrogen and oxygen atoms in total. The third kappa shape index (κ3) is 5.16. The Labute approximate surface area is 172 Å². The van der Waals surface area contributed by atoms with Crippen molar-refractivity contribution in [3.8, 4) is 0 Å². The summed E-state index contributed by atoms with van der Waals surface area (Å²) in [6, 6.07) is 10.4. The van der Waals surface area contributed by atoms with E-state index in [0.29, 0.717) is 5.69 Å². The number of nitrogens with one attached hydrogen (secondary N) is 1. The normalized spacial score (nSPS) is 13.1. The van der Waals surface area contributed by atoms with Gasteiger partial charge in [0.2, 0.25) is 11.7 Å². The first-order valence-corrected chi connectivity index (χ1v) is 9.60. The topological polar surface area (TPSA) is 81.8 Å². The monoisotopic (exact) mass is 415 g/mol. The Morgan fingerprint density at radius 3 is 2.63 bits per heavy atom. The summed E-state index contributed by atoms with van der Waals surface area (Å²) in [7, 11) is 0. The average Bonchev–Trinajstić information content (AvgIpc) is 3.15. The van der Waals surface area contributed by atoms with E-state index >= 15 is 0 Å². The predicted molar refractivity (Wildman–Crippen MR) is 108 cm³/mol. The van der Waals surface area contributed by atoms with Gasteiger partial charge in [-0.05, 0) is 31.9 Å². The number of hydrogen-bond acceptors (Lipinski definition) is 4. The second kappa shape index (κ2) is 9.43. The maximum absolute atomic E-state index is 14.5. The van der Waals surface area contributed by atoms with E-state index in [0.717, 1.165) is 10.1 Å². The number of halogens is 2. The van der Waals surface area contributed by atoms with Crippen molar-refractivity contribution >= 4 is 11.6 Å². The molecular formula is C21H23F2N5O2. The highest BCUT2D eigenvalue weighted by molar-refractivity contribution is 5.95. The van der Waals surface area contributed by atoms with Crippen molar-refractivity contribution in [3.63, 3.8) is 0 Å². The van der Waals surface area contributed by atoms with E-state index in [1.807, 2.05) is 18.2 Å². The van der Waals surface area contributed by atoms with Crippen LogP contribution in [0.15, 0.2) is 53.6 Å². The molecule has 0 saturated carbocycles. The zero-order chi connectivity index (χ0) is 21.7. The maximum Gasteiger partial charge on any atom is 0.288 e. The molecule has 2 unspecified atom stereocenters. The van der Waals surface area contributed by atoms with E-state index < -0.39 is 29.4 Å². The zero-order valence-electron chi connectivity index (χ0n) is 16.8. The van der Waals surface area contributed by atoms with Crippen molar-refractivity contribution < 1.29 is 13.6 Å². The summed E-state index contributed by atoms with van der Waals surface area (Å²) in [5.74, 6) is -2.02. The van der Waals surface area contributed by atoms with E-state index in [2.05, 4.69) is 15.6 Å². The summed E-state index contributed by atoms with van der Waals surface area (Å²) in [6.45, 7) is 3.45. The number of alkyl halides is 1. The van der Waals surface area contributed by atoms with Gasteiger partial charge in [-0.1, -0.05) is 35.5 Å². The van der Waals surface area contributed by atoms with Gasteiger partial charge in [-0.3, -0.25) is 9.59 Å². The van der Waals surface area contributed by atoms with Crippen LogP contribution in [-0.4, -0.2) is 31.6 Å². The van der Waals surface area contributed by atoms with Gasteiger partial charge in [0.1, 0.15) is 6.17 Å². The van der Waals surface area contributed by atoms with Gasteiger partial charge in [0.25, 0.3) is 5.56 Å². The van der Waals surface area contributed by atoms with E-state index in [9.17, 15) is 18.4 Å². The van der Waals surface area contributed by atoms with Crippen molar-refractivity contribution in [3.05, 3.63) is 76.2 Å². The highest BCUT2D eigenvalue weighted by Gasteiger charge is 2.19. The Morgan fingerprint density at radius 1 is 1.23 bits per heavy atom. The fourth-order valence-electron chi connectivity index (χ4n) is 3.01. The molecule has 0 saturated heterocycles. The fraction of sp³-hybridized carbons (Fsp3) is 0.333. The molecule has 3 aromatic rings. The number of carbonyl (C=O) groups is 1. The number of pyridine rings is 1. The Hall–Kier alpha value is -3.36. The molecule has 2 heterocycles. The van der Waals surface area contributed by atoms with E-state index in [1.54, 1.807) is 32.2 Å². The number of hydrogen-bond donors (Lipinski definition) is 1. The molecule has 2 aromatic heterocycles. The SMILES string of the molecule is Cc1cn(CC(F)CCn2ccc(NC(=O)C(C)c3ccccc3)c(F)c2=O)nn1. The van der Waals surface area contributed by atoms with E-state index in [4.69, 9.17) is 0 Å². The van der Waals surface area contributed by atoms with Gasteiger partial charge in [-0.15, -0.1) is 5.10 Å². The minimum absolute atomic E-state index is 0.000750. The van der Waals surface area contributed by atoms with Crippen molar-refractivity contribution in [1.82, 2.24) is 19.6 Å². The molecule has 1 N–H and O–H groups in total. The molecule has 0 aliphatic rings. The van der Waals surface area contributed by atoms with Crippen LogP contribution in [-0.2, 0) is 17.9 Å². The quantitative estimate of drug-likeness (QED) is 0.613. The minimum atomic E-state index is -1.27. The molecule has 9 heteroatoms. The molecule has 0 aliphatic heterocycles. The second-order valence-corrected chi connectivity index (χ2v) is 7.13. The van der Waals surface area contributed by atoms with Crippen LogP contribution in [0.2, 0.25) is 0 Å². The van der Waals surface area contributed by atoms with Crippen molar-refractivity contribution in [2.24, 2.45) is 0 Å². The third-order valence-corrected chi connectivity index (χ3v) is 4.78. The molecule has 0 fully saturated rings. The van der Waals surface area contributed by atoms with Gasteiger partial charge < -0.3 is 9.88 Å². The number of benzene rings is 1. The van der Waals surface area contributed by atoms with Crippen LogP contribution in [0.5, 0.6) is 0 Å². The lowest BCUT2D eigenvalue weighted by molar-refractivity contribution is -0.117. The van der Waals surface area contributed by atoms with Crippen LogP contribution < -0.4 is 10.9 Å². The summed E-state index contributed by atoms with van der Waals surface area (Å²) < 4.78 is 31.1. The van der Waals surface area contributed by atoms with Crippen LogP contribution in [0.3, 0.4) is 0 Å². The van der Waals surface area contributed by atoms with E-state index in [-0.39, 0.29) is 25.2 Å². The van der Waals surface area contributed by atoms with Crippen molar-refractivity contribution in [1.29, 1.82) is 0 Å². The molecule has 0 bridgehead atoms. The lowest BCUT2D eigenvalue weighted by atomic mass is 10.0. The van der Waals surface area contributed by atoms with Crippen molar-refractivity contribution in [2.75, 3.05) is 5.32 Å². The summed E-state index contributed by atoms with van der Waals surface area (Å²) in [5.41, 5.74) is 0.350. The highest BCUT2D eigenvalue weighted by atomic mass is 19.1. The Balaban J connectivity index is 1.62. The van der Waals surface area contributed by atoms with Gasteiger partial charge in [0.15, 0.2) is 0 Å². The molecule has 30 heavy (non-hydrogen) atoms. The van der Waals surface area contributed by atoms with Gasteiger partial charge in [-0.25, -0.2) is 9.07 Å². The molecule has 1 aromatic carbocycles. The number of amides is 1. The number of aryl methyl sites for hydroxylation is 2. The summed E-state index contributed by atoms with van der Waals surface area (Å²) in [4.78, 5) is 24.7. The first-order valence-electron chi connectivity index (χ1n) is 9.60. The average molecular weight is 415 g/mol. The lowest BCUT2D eigenvalue weighted by Gasteiger charge is -2.14. The standard InChI is InChI=1S/C21H23F2N5O2/c1-14-12-28(26-25-14)13-17(22)8-10-27-11-9-18(19(23)21(27)30)24-20(29)15(2)16-6-4-3-5-7-16/h3-7,9,11-12,15,17H,8,10,13H2,1-2H3,(H,24,29). The summed E-state index contributed by atoms with van der Waals surface area (Å²) in [6.07, 6.45) is 1.70.